The van der Waals surface area contributed by atoms with Crippen LogP contribution in [0.15, 0.2) is 36.8 Å². The molecule has 0 saturated heterocycles. The number of nitro groups is 1. The summed E-state index contributed by atoms with van der Waals surface area (Å²) in [5.74, 6) is -1.27. The average molecular weight is 334 g/mol. The van der Waals surface area contributed by atoms with Gasteiger partial charge in [0.1, 0.15) is 6.33 Å². The molecule has 0 bridgehead atoms. The van der Waals surface area contributed by atoms with Gasteiger partial charge in [0, 0.05) is 23.9 Å². The molecule has 0 radical (unpaired) electrons. The highest BCUT2D eigenvalue weighted by Gasteiger charge is 2.21. The Bertz CT molecular complexity index is 943. The number of non-ortho nitro benzene ring substituents is 1. The largest absolute Gasteiger partial charge is 0.478 e. The third-order valence-corrected chi connectivity index (χ3v) is 3.61. The quantitative estimate of drug-likeness (QED) is 0.576. The van der Waals surface area contributed by atoms with E-state index in [1.165, 1.54) is 18.2 Å². The Balaban J connectivity index is 2.34. The highest BCUT2D eigenvalue weighted by Crippen LogP contribution is 2.33. The lowest BCUT2D eigenvalue weighted by Crippen LogP contribution is -1.97. The molecule has 8 nitrogen and oxygen atoms in total. The number of halogens is 1. The number of benzene rings is 1. The SMILES string of the molecule is O=C(O)c1cn(SF)c2ncnc(-c3cccc([N+](=O)[O-])c3)c12. The van der Waals surface area contributed by atoms with Crippen molar-refractivity contribution in [3.05, 3.63) is 52.5 Å². The summed E-state index contributed by atoms with van der Waals surface area (Å²) < 4.78 is 13.9. The summed E-state index contributed by atoms with van der Waals surface area (Å²) in [4.78, 5) is 29.6. The summed E-state index contributed by atoms with van der Waals surface area (Å²) in [6.07, 6.45) is 2.24. The summed E-state index contributed by atoms with van der Waals surface area (Å²) >= 11 is -0.197. The molecule has 0 spiro atoms. The Morgan fingerprint density at radius 3 is 2.83 bits per heavy atom. The molecule has 23 heavy (non-hydrogen) atoms. The van der Waals surface area contributed by atoms with Gasteiger partial charge in [-0.3, -0.25) is 10.1 Å². The zero-order valence-corrected chi connectivity index (χ0v) is 12.0. The molecule has 10 heteroatoms. The van der Waals surface area contributed by atoms with Gasteiger partial charge >= 0.3 is 5.97 Å². The van der Waals surface area contributed by atoms with E-state index in [0.717, 1.165) is 16.5 Å². The molecule has 1 N–H and O–H groups in total. The van der Waals surface area contributed by atoms with Crippen LogP contribution in [0.4, 0.5) is 9.57 Å². The maximum absolute atomic E-state index is 13.0. The number of carboxylic acid groups (broad SMARTS) is 1. The van der Waals surface area contributed by atoms with Gasteiger partial charge in [0.15, 0.2) is 18.0 Å². The molecule has 0 saturated carbocycles. The molecule has 2 aromatic heterocycles. The number of fused-ring (bicyclic) bond motifs is 1. The van der Waals surface area contributed by atoms with Crippen molar-refractivity contribution in [3.63, 3.8) is 0 Å². The van der Waals surface area contributed by atoms with Gasteiger partial charge in [-0.25, -0.2) is 18.7 Å². The summed E-state index contributed by atoms with van der Waals surface area (Å²) in [6, 6.07) is 5.60. The molecule has 0 aliphatic heterocycles. The van der Waals surface area contributed by atoms with Crippen LogP contribution in [-0.4, -0.2) is 29.9 Å². The fraction of sp³-hybridized carbons (Fsp3) is 0. The number of nitrogens with zero attached hydrogens (tertiary/aromatic N) is 4. The predicted octanol–water partition coefficient (Wildman–Crippen LogP) is 3.09. The van der Waals surface area contributed by atoms with Crippen LogP contribution in [0.3, 0.4) is 0 Å². The van der Waals surface area contributed by atoms with Gasteiger partial charge in [0.25, 0.3) is 5.69 Å². The topological polar surface area (TPSA) is 111 Å². The van der Waals surface area contributed by atoms with Crippen LogP contribution in [0.2, 0.25) is 0 Å². The third kappa shape index (κ3) is 2.48. The van der Waals surface area contributed by atoms with Crippen molar-refractivity contribution >= 4 is 35.0 Å². The monoisotopic (exact) mass is 334 g/mol. The van der Waals surface area contributed by atoms with E-state index in [-0.39, 0.29) is 40.3 Å². The molecule has 3 rings (SSSR count). The van der Waals surface area contributed by atoms with Crippen molar-refractivity contribution in [3.8, 4) is 11.3 Å². The van der Waals surface area contributed by atoms with E-state index in [9.17, 15) is 23.9 Å². The number of aromatic nitrogens is 3. The van der Waals surface area contributed by atoms with Crippen molar-refractivity contribution in [2.45, 2.75) is 0 Å². The first-order valence-electron chi connectivity index (χ1n) is 6.16. The summed E-state index contributed by atoms with van der Waals surface area (Å²) in [5.41, 5.74) is 0.253. The Morgan fingerprint density at radius 1 is 1.39 bits per heavy atom. The molecule has 0 aliphatic rings. The zero-order valence-electron chi connectivity index (χ0n) is 11.2. The highest BCUT2D eigenvalue weighted by atomic mass is 32.2. The molecule has 0 unspecified atom stereocenters. The second-order valence-corrected chi connectivity index (χ2v) is 5.00. The van der Waals surface area contributed by atoms with Crippen molar-refractivity contribution in [1.82, 2.24) is 13.9 Å². The molecule has 0 atom stereocenters. The summed E-state index contributed by atoms with van der Waals surface area (Å²) in [6.45, 7) is 0. The van der Waals surface area contributed by atoms with E-state index >= 15 is 0 Å². The van der Waals surface area contributed by atoms with Crippen LogP contribution in [0.1, 0.15) is 10.4 Å². The Kier molecular flexibility index (Phi) is 3.66. The van der Waals surface area contributed by atoms with E-state index < -0.39 is 10.9 Å². The van der Waals surface area contributed by atoms with Crippen LogP contribution in [0.5, 0.6) is 0 Å². The molecule has 0 fully saturated rings. The smallest absolute Gasteiger partial charge is 0.338 e. The van der Waals surface area contributed by atoms with E-state index in [1.807, 2.05) is 0 Å². The maximum Gasteiger partial charge on any atom is 0.338 e. The second-order valence-electron chi connectivity index (χ2n) is 4.47. The number of hydrogen-bond acceptors (Lipinski definition) is 6. The molecule has 116 valence electrons. The van der Waals surface area contributed by atoms with E-state index in [4.69, 9.17) is 0 Å². The first kappa shape index (κ1) is 14.9. The van der Waals surface area contributed by atoms with Gasteiger partial charge in [0.2, 0.25) is 0 Å². The lowest BCUT2D eigenvalue weighted by Gasteiger charge is -2.04. The third-order valence-electron chi connectivity index (χ3n) is 3.19. The maximum atomic E-state index is 13.0. The number of nitro benzene ring substituents is 1. The van der Waals surface area contributed by atoms with Gasteiger partial charge in [-0.2, -0.15) is 0 Å². The van der Waals surface area contributed by atoms with Gasteiger partial charge in [0.05, 0.1) is 21.6 Å². The fourth-order valence-electron chi connectivity index (χ4n) is 2.23. The standard InChI is InChI=1S/C13H7FN4O4S/c14-23-17-5-9(13(19)20)10-11(15-6-16-12(10)17)7-2-1-3-8(4-7)18(21)22/h1-6H,(H,19,20). The number of rotatable bonds is 4. The lowest BCUT2D eigenvalue weighted by atomic mass is 10.1. The number of carboxylic acids is 1. The van der Waals surface area contributed by atoms with Crippen molar-refractivity contribution in [2.75, 3.05) is 0 Å². The van der Waals surface area contributed by atoms with Crippen LogP contribution in [-0.2, 0) is 0 Å². The van der Waals surface area contributed by atoms with Crippen molar-refractivity contribution in [1.29, 1.82) is 0 Å². The molecule has 1 aromatic carbocycles. The summed E-state index contributed by atoms with van der Waals surface area (Å²) in [5, 5.41) is 20.3. The van der Waals surface area contributed by atoms with E-state index in [0.29, 0.717) is 5.56 Å². The number of carbonyl (C=O) groups is 1. The van der Waals surface area contributed by atoms with Gasteiger partial charge in [-0.15, -0.1) is 3.89 Å². The molecular weight excluding hydrogens is 327 g/mol. The Labute approximate surface area is 132 Å². The van der Waals surface area contributed by atoms with Crippen LogP contribution in [0.25, 0.3) is 22.3 Å². The Hall–Kier alpha value is -3.01. The number of hydrogen-bond donors (Lipinski definition) is 1. The summed E-state index contributed by atoms with van der Waals surface area (Å²) in [7, 11) is 0. The van der Waals surface area contributed by atoms with Gasteiger partial charge in [-0.1, -0.05) is 12.1 Å². The molecule has 2 heterocycles. The molecule has 0 aliphatic carbocycles. The van der Waals surface area contributed by atoms with E-state index in [2.05, 4.69) is 9.97 Å². The van der Waals surface area contributed by atoms with Crippen molar-refractivity contribution < 1.29 is 18.7 Å². The minimum absolute atomic E-state index is 0.0754. The van der Waals surface area contributed by atoms with Crippen LogP contribution in [0, 0.1) is 10.1 Å². The highest BCUT2D eigenvalue weighted by molar-refractivity contribution is 7.92. The first-order chi connectivity index (χ1) is 11.0. The van der Waals surface area contributed by atoms with Crippen LogP contribution < -0.4 is 0 Å². The molecule has 3 aromatic rings. The second kappa shape index (κ2) is 5.65. The fourth-order valence-corrected chi connectivity index (χ4v) is 2.58. The molecular formula is C13H7FN4O4S. The average Bonchev–Trinajstić information content (AvgIpc) is 2.94. The zero-order chi connectivity index (χ0) is 16.6. The predicted molar refractivity (Wildman–Crippen MR) is 80.7 cm³/mol. The van der Waals surface area contributed by atoms with E-state index in [1.54, 1.807) is 6.07 Å². The van der Waals surface area contributed by atoms with Gasteiger partial charge in [-0.05, 0) is 0 Å². The minimum atomic E-state index is -1.27. The Morgan fingerprint density at radius 2 is 2.17 bits per heavy atom. The van der Waals surface area contributed by atoms with Crippen molar-refractivity contribution in [2.24, 2.45) is 0 Å². The first-order valence-corrected chi connectivity index (χ1v) is 6.83. The lowest BCUT2D eigenvalue weighted by molar-refractivity contribution is -0.384. The minimum Gasteiger partial charge on any atom is -0.478 e. The molecule has 0 amide bonds. The van der Waals surface area contributed by atoms with Gasteiger partial charge < -0.3 is 5.11 Å². The normalized spacial score (nSPS) is 10.8. The number of aromatic carboxylic acids is 1. The van der Waals surface area contributed by atoms with Crippen LogP contribution >= 0.6 is 12.3 Å².